The van der Waals surface area contributed by atoms with Gasteiger partial charge in [-0.3, -0.25) is 4.79 Å². The Bertz CT molecular complexity index is 1260. The van der Waals surface area contributed by atoms with E-state index in [-0.39, 0.29) is 30.2 Å². The first-order valence-electron chi connectivity index (χ1n) is 11.8. The number of esters is 1. The summed E-state index contributed by atoms with van der Waals surface area (Å²) in [5, 5.41) is 0. The monoisotopic (exact) mass is 460 g/mol. The SMILES string of the molecule is COC(=O)CC1COc2cc(OC3CCc4c(-c5c(C)cc(C)cc5C)ccc(F)c43)ccc21. The number of hydrogen-bond donors (Lipinski definition) is 0. The minimum absolute atomic E-state index is 0.0234. The third-order valence-electron chi connectivity index (χ3n) is 7.01. The van der Waals surface area contributed by atoms with Crippen LogP contribution in [0.5, 0.6) is 11.5 Å². The smallest absolute Gasteiger partial charge is 0.306 e. The van der Waals surface area contributed by atoms with Gasteiger partial charge in [0.15, 0.2) is 0 Å². The van der Waals surface area contributed by atoms with Gasteiger partial charge < -0.3 is 14.2 Å². The van der Waals surface area contributed by atoms with Gasteiger partial charge in [0.1, 0.15) is 23.4 Å². The van der Waals surface area contributed by atoms with Crippen molar-refractivity contribution in [3.05, 3.63) is 81.7 Å². The summed E-state index contributed by atoms with van der Waals surface area (Å²) in [6, 6.07) is 13.5. The van der Waals surface area contributed by atoms with E-state index < -0.39 is 0 Å². The van der Waals surface area contributed by atoms with Crippen LogP contribution in [0.1, 0.15) is 58.2 Å². The van der Waals surface area contributed by atoms with E-state index in [0.29, 0.717) is 23.7 Å². The molecular formula is C29H29FO4. The molecule has 2 atom stereocenters. The Balaban J connectivity index is 1.43. The van der Waals surface area contributed by atoms with E-state index >= 15 is 4.39 Å². The van der Waals surface area contributed by atoms with Gasteiger partial charge in [0.25, 0.3) is 0 Å². The van der Waals surface area contributed by atoms with Gasteiger partial charge in [-0.1, -0.05) is 29.8 Å². The molecule has 0 N–H and O–H groups in total. The van der Waals surface area contributed by atoms with E-state index in [4.69, 9.17) is 14.2 Å². The Morgan fingerprint density at radius 2 is 1.85 bits per heavy atom. The molecule has 2 unspecified atom stereocenters. The molecule has 0 radical (unpaired) electrons. The van der Waals surface area contributed by atoms with Gasteiger partial charge in [0.05, 0.1) is 20.1 Å². The normalized spacial score (nSPS) is 18.3. The second-order valence-electron chi connectivity index (χ2n) is 9.39. The lowest BCUT2D eigenvalue weighted by molar-refractivity contribution is -0.141. The zero-order chi connectivity index (χ0) is 24.0. The van der Waals surface area contributed by atoms with Crippen LogP contribution in [0, 0.1) is 26.6 Å². The lowest BCUT2D eigenvalue weighted by Crippen LogP contribution is -2.09. The van der Waals surface area contributed by atoms with Crippen LogP contribution < -0.4 is 9.47 Å². The van der Waals surface area contributed by atoms with Crippen LogP contribution in [0.4, 0.5) is 4.39 Å². The number of methoxy groups -OCH3 is 1. The van der Waals surface area contributed by atoms with Crippen molar-refractivity contribution in [2.75, 3.05) is 13.7 Å². The summed E-state index contributed by atoms with van der Waals surface area (Å²) < 4.78 is 32.0. The molecule has 1 aliphatic carbocycles. The number of aryl methyl sites for hydroxylation is 3. The number of halogens is 1. The fraction of sp³-hybridized carbons (Fsp3) is 0.345. The predicted octanol–water partition coefficient (Wildman–Crippen LogP) is 6.52. The molecule has 0 fully saturated rings. The van der Waals surface area contributed by atoms with Gasteiger partial charge >= 0.3 is 5.97 Å². The maximum atomic E-state index is 15.1. The minimum Gasteiger partial charge on any atom is -0.492 e. The van der Waals surface area contributed by atoms with Gasteiger partial charge in [0, 0.05) is 23.1 Å². The number of benzene rings is 3. The zero-order valence-electron chi connectivity index (χ0n) is 20.0. The summed E-state index contributed by atoms with van der Waals surface area (Å²) in [7, 11) is 1.39. The van der Waals surface area contributed by atoms with E-state index in [1.54, 1.807) is 6.07 Å². The van der Waals surface area contributed by atoms with Gasteiger partial charge in [-0.15, -0.1) is 0 Å². The van der Waals surface area contributed by atoms with Crippen LogP contribution in [-0.2, 0) is 16.0 Å². The first-order valence-corrected chi connectivity index (χ1v) is 11.8. The Morgan fingerprint density at radius 3 is 2.59 bits per heavy atom. The maximum absolute atomic E-state index is 15.1. The lowest BCUT2D eigenvalue weighted by atomic mass is 9.89. The molecule has 0 aromatic heterocycles. The number of carbonyl (C=O) groups is 1. The highest BCUT2D eigenvalue weighted by molar-refractivity contribution is 5.76. The molecule has 3 aromatic carbocycles. The average Bonchev–Trinajstić information content (AvgIpc) is 3.39. The molecule has 1 aliphatic heterocycles. The van der Waals surface area contributed by atoms with E-state index in [2.05, 4.69) is 32.9 Å². The van der Waals surface area contributed by atoms with E-state index in [1.165, 1.54) is 29.4 Å². The molecule has 0 saturated heterocycles. The number of hydrogen-bond acceptors (Lipinski definition) is 4. The zero-order valence-corrected chi connectivity index (χ0v) is 20.0. The van der Waals surface area contributed by atoms with Gasteiger partial charge in [-0.05, 0) is 73.6 Å². The maximum Gasteiger partial charge on any atom is 0.306 e. The van der Waals surface area contributed by atoms with Crippen molar-refractivity contribution in [1.82, 2.24) is 0 Å². The van der Waals surface area contributed by atoms with Crippen LogP contribution in [0.3, 0.4) is 0 Å². The molecule has 2 aliphatic rings. The Morgan fingerprint density at radius 1 is 1.09 bits per heavy atom. The summed E-state index contributed by atoms with van der Waals surface area (Å²) in [6.07, 6.45) is 1.41. The van der Waals surface area contributed by atoms with Crippen molar-refractivity contribution in [2.24, 2.45) is 0 Å². The second-order valence-corrected chi connectivity index (χ2v) is 9.39. The minimum atomic E-state index is -0.355. The topological polar surface area (TPSA) is 44.8 Å². The van der Waals surface area contributed by atoms with Gasteiger partial charge in [-0.25, -0.2) is 4.39 Å². The first kappa shape index (κ1) is 22.5. The third-order valence-corrected chi connectivity index (χ3v) is 7.01. The van der Waals surface area contributed by atoms with E-state index in [1.807, 2.05) is 24.3 Å². The molecule has 0 amide bonds. The summed E-state index contributed by atoms with van der Waals surface area (Å²) in [6.45, 7) is 6.77. The fourth-order valence-electron chi connectivity index (χ4n) is 5.58. The van der Waals surface area contributed by atoms with Crippen LogP contribution in [0.2, 0.25) is 0 Å². The van der Waals surface area contributed by atoms with Crippen molar-refractivity contribution >= 4 is 5.97 Å². The Kier molecular flexibility index (Phi) is 5.80. The Hall–Kier alpha value is -3.34. The average molecular weight is 461 g/mol. The molecule has 5 heteroatoms. The number of carbonyl (C=O) groups excluding carboxylic acids is 1. The van der Waals surface area contributed by atoms with Crippen LogP contribution >= 0.6 is 0 Å². The van der Waals surface area contributed by atoms with Crippen molar-refractivity contribution in [3.63, 3.8) is 0 Å². The molecule has 1 heterocycles. The molecule has 4 nitrogen and oxygen atoms in total. The first-order chi connectivity index (χ1) is 16.4. The van der Waals surface area contributed by atoms with Gasteiger partial charge in [-0.2, -0.15) is 0 Å². The molecule has 34 heavy (non-hydrogen) atoms. The van der Waals surface area contributed by atoms with Crippen molar-refractivity contribution in [2.45, 2.75) is 52.1 Å². The number of ether oxygens (including phenoxy) is 3. The molecule has 0 bridgehead atoms. The molecule has 3 aromatic rings. The van der Waals surface area contributed by atoms with E-state index in [9.17, 15) is 4.79 Å². The summed E-state index contributed by atoms with van der Waals surface area (Å²) in [4.78, 5) is 11.7. The quantitative estimate of drug-likeness (QED) is 0.407. The summed E-state index contributed by atoms with van der Waals surface area (Å²) in [5.74, 6) is 0.853. The fourth-order valence-corrected chi connectivity index (χ4v) is 5.58. The highest BCUT2D eigenvalue weighted by Gasteiger charge is 2.32. The van der Waals surface area contributed by atoms with Crippen molar-refractivity contribution in [3.8, 4) is 22.6 Å². The number of rotatable bonds is 5. The third kappa shape index (κ3) is 3.93. The predicted molar refractivity (Wildman–Crippen MR) is 129 cm³/mol. The number of fused-ring (bicyclic) bond motifs is 2. The van der Waals surface area contributed by atoms with Crippen molar-refractivity contribution < 1.29 is 23.4 Å². The van der Waals surface area contributed by atoms with Crippen LogP contribution in [0.25, 0.3) is 11.1 Å². The molecule has 0 saturated carbocycles. The summed E-state index contributed by atoms with van der Waals surface area (Å²) in [5.41, 5.74) is 8.58. The molecular weight excluding hydrogens is 431 g/mol. The molecule has 176 valence electrons. The standard InChI is InChI=1S/C29H29FO4/c1-16-11-17(2)28(18(3)12-16)22-7-9-24(30)29-23(22)8-10-25(29)34-20-5-6-21-19(13-27(31)32-4)15-33-26(21)14-20/h5-7,9,11-12,14,19,25H,8,10,13,15H2,1-4H3. The lowest BCUT2D eigenvalue weighted by Gasteiger charge is -2.19. The largest absolute Gasteiger partial charge is 0.492 e. The second kappa shape index (κ2) is 8.79. The van der Waals surface area contributed by atoms with Crippen molar-refractivity contribution in [1.29, 1.82) is 0 Å². The van der Waals surface area contributed by atoms with Gasteiger partial charge in [0.2, 0.25) is 0 Å². The van der Waals surface area contributed by atoms with Crippen LogP contribution in [0.15, 0.2) is 42.5 Å². The van der Waals surface area contributed by atoms with E-state index in [0.717, 1.165) is 29.5 Å². The Labute approximate surface area is 199 Å². The highest BCUT2D eigenvalue weighted by atomic mass is 19.1. The highest BCUT2D eigenvalue weighted by Crippen LogP contribution is 2.45. The molecule has 0 spiro atoms. The van der Waals surface area contributed by atoms with Crippen LogP contribution in [-0.4, -0.2) is 19.7 Å². The molecule has 5 rings (SSSR count). The summed E-state index contributed by atoms with van der Waals surface area (Å²) >= 11 is 0.